The maximum Gasteiger partial charge on any atom is 3.00 e. The summed E-state index contributed by atoms with van der Waals surface area (Å²) in [5.41, 5.74) is 0. The fourth-order valence-electron chi connectivity index (χ4n) is 1.02. The van der Waals surface area contributed by atoms with Gasteiger partial charge in [0.25, 0.3) is 0 Å². The zero-order valence-electron chi connectivity index (χ0n) is 14.1. The van der Waals surface area contributed by atoms with Crippen molar-refractivity contribution < 1.29 is 67.7 Å². The molecule has 3 radical (unpaired) electrons. The molecule has 0 rings (SSSR count). The van der Waals surface area contributed by atoms with Crippen LogP contribution in [-0.2, 0) is 93.0 Å². The summed E-state index contributed by atoms with van der Waals surface area (Å²) in [4.78, 5) is 56.8. The van der Waals surface area contributed by atoms with Crippen LogP contribution in [0, 0.1) is 0 Å². The standard InChI is InChI=1S/C9H18OS2.5CHO.CO.2Fe/c1-8(10)4-2-3-5-9(12)6-7-11;6*1-2;;/h9,11-12H,2-7H2,1H3;5*1H;;;/q;6*-1;2*+3/p-2. The second-order valence-corrected chi connectivity index (χ2v) is 4.14. The largest absolute Gasteiger partial charge is 3.00 e. The molecule has 0 fully saturated rings. The first-order chi connectivity index (χ1) is 11.7. The van der Waals surface area contributed by atoms with Gasteiger partial charge in [0.05, 0.1) is 0 Å². The van der Waals surface area contributed by atoms with Gasteiger partial charge in [0.1, 0.15) is 5.78 Å². The van der Waals surface area contributed by atoms with E-state index in [1.807, 2.05) is 0 Å². The number of hydrogen-bond acceptors (Lipinski definition) is 9. The van der Waals surface area contributed by atoms with Crippen molar-refractivity contribution in [2.24, 2.45) is 0 Å². The van der Waals surface area contributed by atoms with E-state index in [9.17, 15) is 4.79 Å². The zero-order chi connectivity index (χ0) is 21.4. The number of carbonyl (C=O) groups excluding carboxylic acids is 7. The van der Waals surface area contributed by atoms with Crippen LogP contribution in [0.2, 0.25) is 0 Å². The summed E-state index contributed by atoms with van der Waals surface area (Å²) in [5.74, 6) is 1.04. The van der Waals surface area contributed by atoms with Gasteiger partial charge in [-0.15, -0.1) is 0 Å². The van der Waals surface area contributed by atoms with Gasteiger partial charge < -0.3 is 65.6 Å². The number of hydrogen-bond donors (Lipinski definition) is 0. The summed E-state index contributed by atoms with van der Waals surface area (Å²) in [6, 6.07) is 0. The van der Waals surface area contributed by atoms with Gasteiger partial charge >= 0.3 is 34.1 Å². The van der Waals surface area contributed by atoms with Crippen LogP contribution in [0.5, 0.6) is 0 Å². The molecule has 26 heavy (non-hydrogen) atoms. The number of carbonyl (C=O) groups is 1. The second-order valence-electron chi connectivity index (χ2n) is 3.06. The summed E-state index contributed by atoms with van der Waals surface area (Å²) < 4.78 is 0. The third kappa shape index (κ3) is 133. The Hall–Kier alpha value is -0.571. The minimum Gasteiger partial charge on any atom is -0.793 e. The summed E-state index contributed by atoms with van der Waals surface area (Å²) in [6.07, 6.45) is 4.77. The summed E-state index contributed by atoms with van der Waals surface area (Å²) in [7, 11) is 0. The molecule has 0 amide bonds. The van der Waals surface area contributed by atoms with E-state index in [-0.39, 0.29) is 39.9 Å². The Morgan fingerprint density at radius 2 is 1.12 bits per heavy atom. The molecule has 0 aliphatic rings. The molecular weight excluding hydrogens is 468 g/mol. The summed E-state index contributed by atoms with van der Waals surface area (Å²) >= 11 is 9.99. The second kappa shape index (κ2) is 103. The number of unbranched alkanes of at least 4 members (excludes halogenated alkanes) is 1. The average Bonchev–Trinajstić information content (AvgIpc) is 2.69. The third-order valence-electron chi connectivity index (χ3n) is 1.74. The van der Waals surface area contributed by atoms with Crippen LogP contribution in [0.1, 0.15) is 39.0 Å². The van der Waals surface area contributed by atoms with E-state index in [1.165, 1.54) is 0 Å². The SMILES string of the molecule is CC(=O)CCCCC([S-])CC[S-].[C-]=O.[CH-]=O.[CH-]=O.[CH-]=O.[CH-]=O.[CH-]=O.[Fe+3].[Fe+3]. The third-order valence-corrected chi connectivity index (χ3v) is 2.45. The summed E-state index contributed by atoms with van der Waals surface area (Å²) in [5, 5.41) is 0.328. The molecule has 1 atom stereocenters. The van der Waals surface area contributed by atoms with Crippen molar-refractivity contribution >= 4 is 71.8 Å². The van der Waals surface area contributed by atoms with Crippen LogP contribution in [0.15, 0.2) is 0 Å². The topological polar surface area (TPSA) is 119 Å². The molecule has 7 nitrogen and oxygen atoms in total. The van der Waals surface area contributed by atoms with Gasteiger partial charge in [-0.3, -0.25) is 33.9 Å². The molecule has 0 aromatic rings. The fraction of sp³-hybridized carbons (Fsp3) is 0.533. The minimum atomic E-state index is 0. The van der Waals surface area contributed by atoms with Crippen LogP contribution in [-0.4, -0.2) is 57.5 Å². The molecule has 0 spiro atoms. The zero-order valence-corrected chi connectivity index (χ0v) is 17.9. The van der Waals surface area contributed by atoms with Gasteiger partial charge in [0, 0.05) is 6.42 Å². The Morgan fingerprint density at radius 1 is 0.808 bits per heavy atom. The summed E-state index contributed by atoms with van der Waals surface area (Å²) in [6.45, 7) is 22.4. The van der Waals surface area contributed by atoms with Crippen LogP contribution in [0.4, 0.5) is 0 Å². The van der Waals surface area contributed by atoms with Crippen molar-refractivity contribution in [3.8, 4) is 0 Å². The van der Waals surface area contributed by atoms with Crippen LogP contribution < -0.4 is 0 Å². The van der Waals surface area contributed by atoms with Gasteiger partial charge in [-0.1, -0.05) is 19.3 Å². The monoisotopic (exact) mass is 489 g/mol. The van der Waals surface area contributed by atoms with Gasteiger partial charge in [-0.25, -0.2) is 0 Å². The molecule has 0 aliphatic heterocycles. The van der Waals surface area contributed by atoms with Crippen molar-refractivity contribution in [3.63, 3.8) is 0 Å². The Labute approximate surface area is 189 Å². The van der Waals surface area contributed by atoms with E-state index in [0.717, 1.165) is 31.4 Å². The molecule has 0 N–H and O–H groups in total. The van der Waals surface area contributed by atoms with Crippen LogP contribution in [0.3, 0.4) is 0 Å². The molecule has 1 unspecified atom stereocenters. The average molecular weight is 489 g/mol. The van der Waals surface area contributed by atoms with Crippen molar-refractivity contribution in [3.05, 3.63) is 0 Å². The Kier molecular flexibility index (Phi) is 222. The van der Waals surface area contributed by atoms with E-state index >= 15 is 0 Å². The smallest absolute Gasteiger partial charge is 0.793 e. The molecule has 0 aromatic carbocycles. The first kappa shape index (κ1) is 56.2. The van der Waals surface area contributed by atoms with E-state index in [4.69, 9.17) is 54.0 Å². The predicted octanol–water partition coefficient (Wildman–Crippen LogP) is 0.216. The fourth-order valence-corrected chi connectivity index (χ4v) is 1.74. The normalized spacial score (nSPS) is 6.88. The number of ketones is 1. The Morgan fingerprint density at radius 3 is 1.35 bits per heavy atom. The Bertz CT molecular complexity index is 205. The van der Waals surface area contributed by atoms with Crippen molar-refractivity contribution in [2.75, 3.05) is 5.75 Å². The minimum absolute atomic E-state index is 0. The quantitative estimate of drug-likeness (QED) is 0.163. The van der Waals surface area contributed by atoms with E-state index < -0.39 is 0 Å². The maximum atomic E-state index is 10.6. The number of Topliss-reactive ketones (excluding diaryl/α,β-unsaturated/α-hetero) is 1. The van der Waals surface area contributed by atoms with Crippen LogP contribution in [0.25, 0.3) is 0 Å². The molecular formula is C15H21Fe2O7S2-2. The molecule has 0 heterocycles. The molecule has 0 saturated carbocycles. The molecule has 0 saturated heterocycles. The molecule has 153 valence electrons. The van der Waals surface area contributed by atoms with Gasteiger partial charge in [-0.2, -0.15) is 11.0 Å². The first-order valence-electron chi connectivity index (χ1n) is 5.78. The van der Waals surface area contributed by atoms with E-state index in [0.29, 0.717) is 11.7 Å². The van der Waals surface area contributed by atoms with Gasteiger partial charge in [-0.05, 0) is 13.3 Å². The van der Waals surface area contributed by atoms with Gasteiger partial charge in [0.2, 0.25) is 0 Å². The van der Waals surface area contributed by atoms with Crippen molar-refractivity contribution in [2.45, 2.75) is 44.3 Å². The number of rotatable bonds is 7. The first-order valence-corrected chi connectivity index (χ1v) is 6.83. The van der Waals surface area contributed by atoms with E-state index in [2.05, 4.69) is 40.7 Å². The maximum absolute atomic E-state index is 10.6. The van der Waals surface area contributed by atoms with Crippen molar-refractivity contribution in [1.29, 1.82) is 0 Å². The predicted molar refractivity (Wildman–Crippen MR) is 96.6 cm³/mol. The van der Waals surface area contributed by atoms with Crippen molar-refractivity contribution in [1.82, 2.24) is 0 Å². The molecule has 0 aliphatic carbocycles. The molecule has 0 bridgehead atoms. The van der Waals surface area contributed by atoms with Gasteiger partial charge in [0.15, 0.2) is 0 Å². The molecule has 11 heteroatoms. The molecule has 0 aromatic heterocycles. The van der Waals surface area contributed by atoms with Crippen LogP contribution >= 0.6 is 0 Å². The van der Waals surface area contributed by atoms with E-state index in [1.54, 1.807) is 6.92 Å². The Balaban J connectivity index is -0.0000000252.